The van der Waals surface area contributed by atoms with E-state index in [0.29, 0.717) is 13.1 Å². The lowest BCUT2D eigenvalue weighted by Gasteiger charge is -2.22. The van der Waals surface area contributed by atoms with Gasteiger partial charge in [0.05, 0.1) is 13.2 Å². The van der Waals surface area contributed by atoms with Gasteiger partial charge in [-0.05, 0) is 29.8 Å². The maximum atomic E-state index is 9.13. The Balaban J connectivity index is 0.00000208. The number of aliphatic hydroxyl groups is 2. The summed E-state index contributed by atoms with van der Waals surface area (Å²) in [4.78, 5) is 1.98. The van der Waals surface area contributed by atoms with Gasteiger partial charge >= 0.3 is 0 Å². The van der Waals surface area contributed by atoms with Crippen LogP contribution in [0, 0.1) is 0 Å². The minimum Gasteiger partial charge on any atom is -1.00 e. The second kappa shape index (κ2) is 8.97. The molecule has 1 aromatic carbocycles. The Labute approximate surface area is 153 Å². The lowest BCUT2D eigenvalue weighted by molar-refractivity contribution is -0.689. The summed E-state index contributed by atoms with van der Waals surface area (Å²) >= 11 is 0. The number of halogens is 1. The van der Waals surface area contributed by atoms with Crippen LogP contribution in [0.2, 0.25) is 0 Å². The SMILES string of the molecule is OCCN(CCO)c1ccc(C=C2CC[n+]3ccccc32)cc1.[Br-]. The van der Waals surface area contributed by atoms with Crippen LogP contribution in [0.4, 0.5) is 5.69 Å². The molecule has 24 heavy (non-hydrogen) atoms. The van der Waals surface area contributed by atoms with Gasteiger partial charge < -0.3 is 32.1 Å². The number of hydrogen-bond acceptors (Lipinski definition) is 3. The van der Waals surface area contributed by atoms with E-state index >= 15 is 0 Å². The quantitative estimate of drug-likeness (QED) is 0.603. The number of hydrogen-bond donors (Lipinski definition) is 2. The van der Waals surface area contributed by atoms with Gasteiger partial charge in [-0.25, -0.2) is 0 Å². The van der Waals surface area contributed by atoms with E-state index in [4.69, 9.17) is 10.2 Å². The van der Waals surface area contributed by atoms with Crippen molar-refractivity contribution in [3.63, 3.8) is 0 Å². The van der Waals surface area contributed by atoms with Crippen molar-refractivity contribution in [2.24, 2.45) is 0 Å². The van der Waals surface area contributed by atoms with Crippen LogP contribution >= 0.6 is 0 Å². The summed E-state index contributed by atoms with van der Waals surface area (Å²) in [7, 11) is 0. The number of allylic oxidation sites excluding steroid dienone is 1. The summed E-state index contributed by atoms with van der Waals surface area (Å²) in [6.07, 6.45) is 5.43. The zero-order valence-electron chi connectivity index (χ0n) is 13.6. The van der Waals surface area contributed by atoms with E-state index < -0.39 is 0 Å². The number of anilines is 1. The van der Waals surface area contributed by atoms with E-state index in [2.05, 4.69) is 47.2 Å². The molecule has 3 rings (SSSR count). The normalized spacial score (nSPS) is 14.3. The van der Waals surface area contributed by atoms with Crippen LogP contribution in [0.15, 0.2) is 48.7 Å². The highest BCUT2D eigenvalue weighted by atomic mass is 79.9. The van der Waals surface area contributed by atoms with Crippen molar-refractivity contribution in [1.29, 1.82) is 0 Å². The molecule has 0 fully saturated rings. The van der Waals surface area contributed by atoms with Crippen molar-refractivity contribution in [1.82, 2.24) is 0 Å². The summed E-state index contributed by atoms with van der Waals surface area (Å²) in [5, 5.41) is 18.3. The molecule has 0 spiro atoms. The van der Waals surface area contributed by atoms with Crippen LogP contribution in [0.3, 0.4) is 0 Å². The molecule has 0 atom stereocenters. The molecule has 0 aliphatic carbocycles. The molecule has 0 unspecified atom stereocenters. The van der Waals surface area contributed by atoms with E-state index in [9.17, 15) is 0 Å². The largest absolute Gasteiger partial charge is 1.00 e. The van der Waals surface area contributed by atoms with Crippen molar-refractivity contribution >= 4 is 17.3 Å². The van der Waals surface area contributed by atoms with Gasteiger partial charge in [0.15, 0.2) is 12.7 Å². The predicted molar refractivity (Wildman–Crippen MR) is 92.0 cm³/mol. The van der Waals surface area contributed by atoms with Crippen LogP contribution in [-0.2, 0) is 6.54 Å². The van der Waals surface area contributed by atoms with E-state index in [1.807, 2.05) is 17.0 Å². The van der Waals surface area contributed by atoms with Gasteiger partial charge in [0, 0.05) is 42.9 Å². The number of aliphatic hydroxyl groups excluding tert-OH is 2. The third-order valence-corrected chi connectivity index (χ3v) is 4.23. The topological polar surface area (TPSA) is 47.6 Å². The lowest BCUT2D eigenvalue weighted by atomic mass is 10.1. The lowest BCUT2D eigenvalue weighted by Crippen LogP contribution is -3.00. The molecular weight excluding hydrogens is 368 g/mol. The van der Waals surface area contributed by atoms with E-state index in [1.165, 1.54) is 16.8 Å². The van der Waals surface area contributed by atoms with Crippen molar-refractivity contribution in [3.8, 4) is 0 Å². The Morgan fingerprint density at radius 2 is 1.71 bits per heavy atom. The fourth-order valence-electron chi connectivity index (χ4n) is 3.07. The Kier molecular flexibility index (Phi) is 6.97. The highest BCUT2D eigenvalue weighted by Gasteiger charge is 2.22. The van der Waals surface area contributed by atoms with Crippen LogP contribution < -0.4 is 26.4 Å². The second-order valence-electron chi connectivity index (χ2n) is 5.72. The summed E-state index contributed by atoms with van der Waals surface area (Å²) < 4.78 is 2.28. The number of rotatable bonds is 6. The van der Waals surface area contributed by atoms with Gasteiger partial charge in [-0.2, -0.15) is 4.57 Å². The molecule has 2 heterocycles. The highest BCUT2D eigenvalue weighted by Crippen LogP contribution is 2.24. The molecule has 0 bridgehead atoms. The van der Waals surface area contributed by atoms with Gasteiger partial charge in [0.25, 0.3) is 0 Å². The highest BCUT2D eigenvalue weighted by molar-refractivity contribution is 5.79. The summed E-state index contributed by atoms with van der Waals surface area (Å²) in [6, 6.07) is 14.6. The van der Waals surface area contributed by atoms with Gasteiger partial charge in [0.1, 0.15) is 0 Å². The third kappa shape index (κ3) is 4.23. The van der Waals surface area contributed by atoms with Gasteiger partial charge in [0.2, 0.25) is 5.69 Å². The fourth-order valence-corrected chi connectivity index (χ4v) is 3.07. The molecule has 2 aromatic rings. The molecule has 2 N–H and O–H groups in total. The number of nitrogens with zero attached hydrogens (tertiary/aromatic N) is 2. The molecule has 4 nitrogen and oxygen atoms in total. The second-order valence-corrected chi connectivity index (χ2v) is 5.72. The van der Waals surface area contributed by atoms with Gasteiger partial charge in [-0.1, -0.05) is 12.1 Å². The number of fused-ring (bicyclic) bond motifs is 1. The molecule has 1 aliphatic rings. The van der Waals surface area contributed by atoms with Gasteiger partial charge in [-0.15, -0.1) is 0 Å². The molecule has 0 radical (unpaired) electrons. The summed E-state index contributed by atoms with van der Waals surface area (Å²) in [5.74, 6) is 0. The zero-order chi connectivity index (χ0) is 16.1. The summed E-state index contributed by atoms with van der Waals surface area (Å²) in [6.45, 7) is 2.27. The first-order valence-corrected chi connectivity index (χ1v) is 8.08. The maximum Gasteiger partial charge on any atom is 0.208 e. The first-order valence-electron chi connectivity index (χ1n) is 8.08. The number of benzene rings is 1. The number of pyridine rings is 1. The molecule has 1 aliphatic heterocycles. The summed E-state index contributed by atoms with van der Waals surface area (Å²) in [5.41, 5.74) is 4.85. The predicted octanol–water partition coefficient (Wildman–Crippen LogP) is -1.29. The minimum absolute atomic E-state index is 0. The average molecular weight is 391 g/mol. The van der Waals surface area contributed by atoms with Crippen molar-refractivity contribution in [2.45, 2.75) is 13.0 Å². The van der Waals surface area contributed by atoms with E-state index in [0.717, 1.165) is 18.7 Å². The molecular formula is C19H23BrN2O2. The van der Waals surface area contributed by atoms with Crippen molar-refractivity contribution in [3.05, 3.63) is 59.9 Å². The first-order chi connectivity index (χ1) is 11.3. The Hall–Kier alpha value is -1.69. The molecule has 0 saturated carbocycles. The van der Waals surface area contributed by atoms with Crippen LogP contribution in [-0.4, -0.2) is 36.5 Å². The van der Waals surface area contributed by atoms with Gasteiger partial charge in [-0.3, -0.25) is 0 Å². The first kappa shape index (κ1) is 18.6. The Bertz CT molecular complexity index is 680. The van der Waals surface area contributed by atoms with Crippen LogP contribution in [0.1, 0.15) is 17.7 Å². The van der Waals surface area contributed by atoms with Crippen molar-refractivity contribution in [2.75, 3.05) is 31.2 Å². The molecule has 5 heteroatoms. The number of aryl methyl sites for hydroxylation is 1. The zero-order valence-corrected chi connectivity index (χ0v) is 15.2. The molecule has 1 aromatic heterocycles. The van der Waals surface area contributed by atoms with Crippen LogP contribution in [0.5, 0.6) is 0 Å². The molecule has 0 saturated heterocycles. The smallest absolute Gasteiger partial charge is 0.208 e. The maximum absolute atomic E-state index is 9.13. The number of aromatic nitrogens is 1. The van der Waals surface area contributed by atoms with Crippen molar-refractivity contribution < 1.29 is 31.8 Å². The van der Waals surface area contributed by atoms with Crippen LogP contribution in [0.25, 0.3) is 11.6 Å². The Morgan fingerprint density at radius 1 is 1.00 bits per heavy atom. The van der Waals surface area contributed by atoms with E-state index in [1.54, 1.807) is 0 Å². The molecule has 0 amide bonds. The van der Waals surface area contributed by atoms with E-state index in [-0.39, 0.29) is 30.2 Å². The monoisotopic (exact) mass is 390 g/mol. The average Bonchev–Trinajstić information content (AvgIpc) is 2.99. The minimum atomic E-state index is 0. The molecule has 128 valence electrons. The fraction of sp³-hybridized carbons (Fsp3) is 0.316. The standard InChI is InChI=1S/C19H23N2O2.BrH/c22-13-11-20(12-14-23)18-6-4-16(5-7-18)15-17-8-10-21-9-2-1-3-19(17)21;/h1-7,9,15,22-23H,8,10-14H2;1H/q+1;/p-1. The third-order valence-electron chi connectivity index (χ3n) is 4.23. The Morgan fingerprint density at radius 3 is 2.38 bits per heavy atom.